The smallest absolute Gasteiger partial charge is 0.191 e. The summed E-state index contributed by atoms with van der Waals surface area (Å²) in [4.78, 5) is 6.36. The van der Waals surface area contributed by atoms with E-state index < -0.39 is 0 Å². The predicted octanol–water partition coefficient (Wildman–Crippen LogP) is 3.34. The Kier molecular flexibility index (Phi) is 9.01. The number of benzene rings is 1. The summed E-state index contributed by atoms with van der Waals surface area (Å²) in [7, 11) is 5.91. The van der Waals surface area contributed by atoms with Crippen molar-refractivity contribution in [1.82, 2.24) is 10.6 Å². The molecule has 23 heavy (non-hydrogen) atoms. The number of hydrogen-bond acceptors (Lipinski definition) is 3. The van der Waals surface area contributed by atoms with Crippen LogP contribution in [0.4, 0.5) is 5.69 Å². The van der Waals surface area contributed by atoms with E-state index in [4.69, 9.17) is 0 Å². The molecule has 0 atom stereocenters. The van der Waals surface area contributed by atoms with Gasteiger partial charge in [0.05, 0.1) is 0 Å². The average Bonchev–Trinajstić information content (AvgIpc) is 3.04. The van der Waals surface area contributed by atoms with E-state index in [0.29, 0.717) is 0 Å². The second-order valence-corrected chi connectivity index (χ2v) is 6.08. The van der Waals surface area contributed by atoms with Crippen molar-refractivity contribution in [2.45, 2.75) is 13.0 Å². The first-order chi connectivity index (χ1) is 10.7. The second-order valence-electron chi connectivity index (χ2n) is 5.30. The standard InChI is InChI=1S/C17H24N4S.HI/c1-18-17(20-12-15-9-11-22-13-15)19-10-8-14-4-6-16(7-5-14)21(2)3;/h4-7,9,11,13H,8,10,12H2,1-3H3,(H2,18,19,20);1H. The zero-order chi connectivity index (χ0) is 15.8. The molecule has 0 saturated heterocycles. The van der Waals surface area contributed by atoms with Gasteiger partial charge in [-0.05, 0) is 46.5 Å². The number of anilines is 1. The van der Waals surface area contributed by atoms with Crippen molar-refractivity contribution < 1.29 is 0 Å². The Bertz CT molecular complexity index is 579. The fourth-order valence-electron chi connectivity index (χ4n) is 2.09. The van der Waals surface area contributed by atoms with Crippen LogP contribution < -0.4 is 15.5 Å². The number of aliphatic imine (C=N–C) groups is 1. The van der Waals surface area contributed by atoms with E-state index in [0.717, 1.165) is 25.5 Å². The van der Waals surface area contributed by atoms with E-state index in [2.05, 4.69) is 75.7 Å². The van der Waals surface area contributed by atoms with Crippen LogP contribution in [-0.2, 0) is 13.0 Å². The molecule has 2 N–H and O–H groups in total. The van der Waals surface area contributed by atoms with E-state index >= 15 is 0 Å². The molecule has 0 amide bonds. The molecule has 0 aliphatic carbocycles. The van der Waals surface area contributed by atoms with Crippen LogP contribution in [-0.4, -0.2) is 33.6 Å². The summed E-state index contributed by atoms with van der Waals surface area (Å²) < 4.78 is 0. The fourth-order valence-corrected chi connectivity index (χ4v) is 2.75. The molecule has 2 rings (SSSR count). The third-order valence-electron chi connectivity index (χ3n) is 3.42. The van der Waals surface area contributed by atoms with Gasteiger partial charge in [-0.1, -0.05) is 12.1 Å². The first kappa shape index (κ1) is 19.8. The van der Waals surface area contributed by atoms with Gasteiger partial charge in [0.2, 0.25) is 0 Å². The SMILES string of the molecule is CN=C(NCCc1ccc(N(C)C)cc1)NCc1ccsc1.I. The van der Waals surface area contributed by atoms with Crippen LogP contribution in [0.3, 0.4) is 0 Å². The number of rotatable bonds is 6. The van der Waals surface area contributed by atoms with Crippen LogP contribution in [0, 0.1) is 0 Å². The Morgan fingerprint density at radius 2 is 1.83 bits per heavy atom. The minimum absolute atomic E-state index is 0. The van der Waals surface area contributed by atoms with Crippen LogP contribution in [0.25, 0.3) is 0 Å². The van der Waals surface area contributed by atoms with Crippen LogP contribution in [0.5, 0.6) is 0 Å². The quantitative estimate of drug-likeness (QED) is 0.408. The Balaban J connectivity index is 0.00000264. The number of nitrogens with one attached hydrogen (secondary N) is 2. The summed E-state index contributed by atoms with van der Waals surface area (Å²) in [6.45, 7) is 1.67. The van der Waals surface area contributed by atoms with E-state index in [1.165, 1.54) is 16.8 Å². The van der Waals surface area contributed by atoms with Crippen molar-refractivity contribution in [2.24, 2.45) is 4.99 Å². The molecule has 0 spiro atoms. The maximum atomic E-state index is 4.25. The Labute approximate surface area is 160 Å². The molecular formula is C17H25IN4S. The molecule has 6 heteroatoms. The number of guanidine groups is 1. The van der Waals surface area contributed by atoms with Crippen molar-refractivity contribution >= 4 is 47.0 Å². The number of nitrogens with zero attached hydrogens (tertiary/aromatic N) is 2. The van der Waals surface area contributed by atoms with Crippen LogP contribution in [0.2, 0.25) is 0 Å². The molecule has 0 bridgehead atoms. The minimum atomic E-state index is 0. The molecule has 1 aromatic carbocycles. The highest BCUT2D eigenvalue weighted by atomic mass is 127. The summed E-state index contributed by atoms with van der Waals surface area (Å²) >= 11 is 1.71. The van der Waals surface area contributed by atoms with Gasteiger partial charge < -0.3 is 15.5 Å². The average molecular weight is 444 g/mol. The van der Waals surface area contributed by atoms with Crippen molar-refractivity contribution in [3.8, 4) is 0 Å². The molecular weight excluding hydrogens is 419 g/mol. The number of hydrogen-bond donors (Lipinski definition) is 2. The van der Waals surface area contributed by atoms with Gasteiger partial charge in [-0.15, -0.1) is 24.0 Å². The minimum Gasteiger partial charge on any atom is -0.378 e. The van der Waals surface area contributed by atoms with E-state index in [1.807, 2.05) is 0 Å². The summed E-state index contributed by atoms with van der Waals surface area (Å²) in [5, 5.41) is 10.9. The molecule has 126 valence electrons. The summed E-state index contributed by atoms with van der Waals surface area (Å²) in [6, 6.07) is 10.8. The highest BCUT2D eigenvalue weighted by Crippen LogP contribution is 2.12. The lowest BCUT2D eigenvalue weighted by Crippen LogP contribution is -2.37. The molecule has 2 aromatic rings. The van der Waals surface area contributed by atoms with Crippen LogP contribution in [0.1, 0.15) is 11.1 Å². The largest absolute Gasteiger partial charge is 0.378 e. The Morgan fingerprint density at radius 1 is 1.09 bits per heavy atom. The summed E-state index contributed by atoms with van der Waals surface area (Å²) in [5.41, 5.74) is 3.84. The zero-order valence-electron chi connectivity index (χ0n) is 13.9. The van der Waals surface area contributed by atoms with Gasteiger partial charge in [0.1, 0.15) is 0 Å². The predicted molar refractivity (Wildman–Crippen MR) is 112 cm³/mol. The van der Waals surface area contributed by atoms with Crippen molar-refractivity contribution in [1.29, 1.82) is 0 Å². The van der Waals surface area contributed by atoms with E-state index in [9.17, 15) is 0 Å². The molecule has 0 saturated carbocycles. The Hall–Kier alpha value is -1.28. The molecule has 0 unspecified atom stereocenters. The molecule has 0 aliphatic rings. The van der Waals surface area contributed by atoms with Gasteiger partial charge in [-0.25, -0.2) is 0 Å². The monoisotopic (exact) mass is 444 g/mol. The topological polar surface area (TPSA) is 39.7 Å². The molecule has 0 fully saturated rings. The van der Waals surface area contributed by atoms with Gasteiger partial charge in [0.25, 0.3) is 0 Å². The zero-order valence-corrected chi connectivity index (χ0v) is 17.0. The second kappa shape index (κ2) is 10.5. The maximum Gasteiger partial charge on any atom is 0.191 e. The molecule has 0 aliphatic heterocycles. The lowest BCUT2D eigenvalue weighted by atomic mass is 10.1. The van der Waals surface area contributed by atoms with Crippen LogP contribution >= 0.6 is 35.3 Å². The van der Waals surface area contributed by atoms with E-state index in [-0.39, 0.29) is 24.0 Å². The van der Waals surface area contributed by atoms with Crippen molar-refractivity contribution in [3.63, 3.8) is 0 Å². The first-order valence-corrected chi connectivity index (χ1v) is 8.35. The number of thiophene rings is 1. The van der Waals surface area contributed by atoms with Gasteiger partial charge in [-0.3, -0.25) is 4.99 Å². The number of halogens is 1. The maximum absolute atomic E-state index is 4.25. The van der Waals surface area contributed by atoms with E-state index in [1.54, 1.807) is 18.4 Å². The van der Waals surface area contributed by atoms with Gasteiger partial charge in [-0.2, -0.15) is 11.3 Å². The normalized spacial score (nSPS) is 10.8. The Morgan fingerprint density at radius 3 is 2.39 bits per heavy atom. The third-order valence-corrected chi connectivity index (χ3v) is 4.15. The lowest BCUT2D eigenvalue weighted by molar-refractivity contribution is 0.796. The first-order valence-electron chi connectivity index (χ1n) is 7.41. The lowest BCUT2D eigenvalue weighted by Gasteiger charge is -2.13. The summed E-state index contributed by atoms with van der Waals surface area (Å²) in [6.07, 6.45) is 0.979. The third kappa shape index (κ3) is 6.78. The van der Waals surface area contributed by atoms with Crippen LogP contribution in [0.15, 0.2) is 46.1 Å². The van der Waals surface area contributed by atoms with Gasteiger partial charge in [0, 0.05) is 39.9 Å². The molecule has 1 aromatic heterocycles. The van der Waals surface area contributed by atoms with Gasteiger partial charge >= 0.3 is 0 Å². The van der Waals surface area contributed by atoms with Crippen molar-refractivity contribution in [2.75, 3.05) is 32.6 Å². The molecule has 4 nitrogen and oxygen atoms in total. The van der Waals surface area contributed by atoms with Crippen molar-refractivity contribution in [3.05, 3.63) is 52.2 Å². The van der Waals surface area contributed by atoms with Gasteiger partial charge in [0.15, 0.2) is 5.96 Å². The highest BCUT2D eigenvalue weighted by Gasteiger charge is 2.00. The summed E-state index contributed by atoms with van der Waals surface area (Å²) in [5.74, 6) is 0.844. The fraction of sp³-hybridized carbons (Fsp3) is 0.353. The molecule has 0 radical (unpaired) electrons. The molecule has 1 heterocycles. The highest BCUT2D eigenvalue weighted by molar-refractivity contribution is 14.0.